The molecule has 0 bridgehead atoms. The van der Waals surface area contributed by atoms with Crippen molar-refractivity contribution in [2.24, 2.45) is 5.92 Å². The van der Waals surface area contributed by atoms with Crippen molar-refractivity contribution in [3.05, 3.63) is 52.6 Å². The lowest BCUT2D eigenvalue weighted by atomic mass is 9.98. The first kappa shape index (κ1) is 16.5. The van der Waals surface area contributed by atoms with Gasteiger partial charge in [-0.15, -0.1) is 11.3 Å². The predicted molar refractivity (Wildman–Crippen MR) is 93.7 cm³/mol. The monoisotopic (exact) mass is 344 g/mol. The highest BCUT2D eigenvalue weighted by Gasteiger charge is 2.23. The van der Waals surface area contributed by atoms with Gasteiger partial charge in [-0.05, 0) is 48.4 Å². The second-order valence-corrected chi connectivity index (χ2v) is 6.81. The molecule has 126 valence electrons. The molecule has 1 N–H and O–H groups in total. The Labute approximate surface area is 145 Å². The fourth-order valence-corrected chi connectivity index (χ4v) is 3.43. The molecule has 3 heterocycles. The van der Waals surface area contributed by atoms with Crippen LogP contribution in [0.4, 0.5) is 0 Å². The highest BCUT2D eigenvalue weighted by molar-refractivity contribution is 7.10. The number of amides is 2. The number of rotatable bonds is 5. The molecule has 0 radical (unpaired) electrons. The van der Waals surface area contributed by atoms with Gasteiger partial charge in [0.2, 0.25) is 5.91 Å². The summed E-state index contributed by atoms with van der Waals surface area (Å²) in [5.41, 5.74) is 0. The first-order valence-corrected chi connectivity index (χ1v) is 8.92. The van der Waals surface area contributed by atoms with Gasteiger partial charge in [0, 0.05) is 30.6 Å². The first-order valence-electron chi connectivity index (χ1n) is 8.04. The van der Waals surface area contributed by atoms with Crippen LogP contribution in [0.25, 0.3) is 6.08 Å². The number of hydrogen-bond donors (Lipinski definition) is 1. The topological polar surface area (TPSA) is 62.6 Å². The number of likely N-dealkylation sites (tertiary alicyclic amines) is 1. The molecule has 6 heteroatoms. The van der Waals surface area contributed by atoms with Crippen LogP contribution in [-0.2, 0) is 4.79 Å². The normalized spacial score (nSPS) is 18.0. The number of nitrogens with zero attached hydrogens (tertiary/aromatic N) is 1. The van der Waals surface area contributed by atoms with Crippen LogP contribution in [0.5, 0.6) is 0 Å². The van der Waals surface area contributed by atoms with Crippen molar-refractivity contribution < 1.29 is 14.0 Å². The van der Waals surface area contributed by atoms with Crippen molar-refractivity contribution in [1.82, 2.24) is 10.2 Å². The second kappa shape index (κ2) is 7.97. The molecule has 0 aromatic carbocycles. The van der Waals surface area contributed by atoms with Gasteiger partial charge in [-0.3, -0.25) is 9.59 Å². The Hall–Kier alpha value is -2.34. The van der Waals surface area contributed by atoms with Crippen LogP contribution in [-0.4, -0.2) is 36.3 Å². The van der Waals surface area contributed by atoms with Gasteiger partial charge in [0.1, 0.15) is 0 Å². The summed E-state index contributed by atoms with van der Waals surface area (Å²) in [5, 5.41) is 4.87. The van der Waals surface area contributed by atoms with Crippen molar-refractivity contribution in [3.63, 3.8) is 0 Å². The van der Waals surface area contributed by atoms with Crippen LogP contribution < -0.4 is 5.32 Å². The fourth-order valence-electron chi connectivity index (χ4n) is 2.81. The molecule has 3 rings (SSSR count). The maximum Gasteiger partial charge on any atom is 0.286 e. The second-order valence-electron chi connectivity index (χ2n) is 5.83. The van der Waals surface area contributed by atoms with E-state index in [1.807, 2.05) is 28.5 Å². The van der Waals surface area contributed by atoms with Gasteiger partial charge >= 0.3 is 0 Å². The summed E-state index contributed by atoms with van der Waals surface area (Å²) >= 11 is 1.61. The number of carbonyl (C=O) groups is 2. The van der Waals surface area contributed by atoms with E-state index in [1.54, 1.807) is 29.5 Å². The number of nitrogens with one attached hydrogen (secondary N) is 1. The zero-order valence-corrected chi connectivity index (χ0v) is 14.1. The van der Waals surface area contributed by atoms with Crippen molar-refractivity contribution in [2.45, 2.75) is 12.8 Å². The van der Waals surface area contributed by atoms with Gasteiger partial charge in [-0.1, -0.05) is 6.07 Å². The van der Waals surface area contributed by atoms with Gasteiger partial charge in [0.25, 0.3) is 5.91 Å². The highest BCUT2D eigenvalue weighted by atomic mass is 32.1. The molecule has 1 saturated heterocycles. The quantitative estimate of drug-likeness (QED) is 0.848. The van der Waals surface area contributed by atoms with Crippen molar-refractivity contribution in [1.29, 1.82) is 0 Å². The smallest absolute Gasteiger partial charge is 0.286 e. The molecule has 0 saturated carbocycles. The molecule has 1 atom stereocenters. The van der Waals surface area contributed by atoms with Gasteiger partial charge in [0.05, 0.1) is 6.26 Å². The molecule has 1 fully saturated rings. The lowest BCUT2D eigenvalue weighted by Crippen LogP contribution is -2.43. The maximum absolute atomic E-state index is 12.3. The summed E-state index contributed by atoms with van der Waals surface area (Å²) in [6.45, 7) is 2.00. The van der Waals surface area contributed by atoms with E-state index in [0.717, 1.165) is 24.3 Å². The van der Waals surface area contributed by atoms with Crippen molar-refractivity contribution >= 4 is 29.2 Å². The molecule has 0 aliphatic carbocycles. The third-order valence-electron chi connectivity index (χ3n) is 4.06. The summed E-state index contributed by atoms with van der Waals surface area (Å²) in [5.74, 6) is 0.417. The molecule has 5 nitrogen and oxygen atoms in total. The van der Waals surface area contributed by atoms with Gasteiger partial charge < -0.3 is 14.6 Å². The number of thiophene rings is 1. The van der Waals surface area contributed by atoms with Gasteiger partial charge in [0.15, 0.2) is 5.76 Å². The molecule has 0 spiro atoms. The minimum atomic E-state index is -0.207. The van der Waals surface area contributed by atoms with E-state index in [4.69, 9.17) is 4.42 Å². The largest absolute Gasteiger partial charge is 0.459 e. The molecule has 2 aromatic heterocycles. The number of carbonyl (C=O) groups excluding carboxylic acids is 2. The first-order chi connectivity index (χ1) is 11.7. The van der Waals surface area contributed by atoms with Crippen LogP contribution in [0.3, 0.4) is 0 Å². The van der Waals surface area contributed by atoms with E-state index in [-0.39, 0.29) is 17.7 Å². The number of furan rings is 1. The molecule has 1 aliphatic rings. The van der Waals surface area contributed by atoms with E-state index in [9.17, 15) is 9.59 Å². The third-order valence-corrected chi connectivity index (χ3v) is 4.90. The molecular formula is C18H20N2O3S. The molecular weight excluding hydrogens is 324 g/mol. The average Bonchev–Trinajstić information content (AvgIpc) is 3.31. The zero-order valence-electron chi connectivity index (χ0n) is 13.3. The molecule has 2 aromatic rings. The lowest BCUT2D eigenvalue weighted by Gasteiger charge is -2.32. The fraction of sp³-hybridized carbons (Fsp3) is 0.333. The number of piperidine rings is 1. The Bertz CT molecular complexity index is 692. The van der Waals surface area contributed by atoms with Crippen molar-refractivity contribution in [3.8, 4) is 0 Å². The molecule has 24 heavy (non-hydrogen) atoms. The summed E-state index contributed by atoms with van der Waals surface area (Å²) in [6.07, 6.45) is 6.94. The van der Waals surface area contributed by atoms with Gasteiger partial charge in [-0.2, -0.15) is 0 Å². The zero-order chi connectivity index (χ0) is 16.8. The van der Waals surface area contributed by atoms with E-state index >= 15 is 0 Å². The Morgan fingerprint density at radius 2 is 2.29 bits per heavy atom. The summed E-state index contributed by atoms with van der Waals surface area (Å²) in [7, 11) is 0. The molecule has 1 aliphatic heterocycles. The average molecular weight is 344 g/mol. The van der Waals surface area contributed by atoms with Crippen LogP contribution in [0.2, 0.25) is 0 Å². The standard InChI is InChI=1S/C18H20N2O3S/c21-17(8-7-15-5-3-11-24-15)20-9-1-4-14(13-20)12-19-18(22)16-6-2-10-23-16/h2-3,5-8,10-11,14H,1,4,9,12-13H2,(H,19,22)/b8-7+/t14-/m0/s1. The Morgan fingerprint density at radius 3 is 3.04 bits per heavy atom. The van der Waals surface area contributed by atoms with E-state index < -0.39 is 0 Å². The van der Waals surface area contributed by atoms with E-state index in [2.05, 4.69) is 5.32 Å². The maximum atomic E-state index is 12.3. The molecule has 2 amide bonds. The van der Waals surface area contributed by atoms with E-state index in [0.29, 0.717) is 18.8 Å². The summed E-state index contributed by atoms with van der Waals surface area (Å²) < 4.78 is 5.08. The van der Waals surface area contributed by atoms with Crippen LogP contribution in [0.1, 0.15) is 28.3 Å². The SMILES string of the molecule is O=C(NC[C@@H]1CCCN(C(=O)/C=C/c2cccs2)C1)c1ccco1. The Morgan fingerprint density at radius 1 is 1.38 bits per heavy atom. The highest BCUT2D eigenvalue weighted by Crippen LogP contribution is 2.17. The van der Waals surface area contributed by atoms with Crippen LogP contribution in [0.15, 0.2) is 46.4 Å². The van der Waals surface area contributed by atoms with Crippen LogP contribution in [0, 0.1) is 5.92 Å². The molecule has 0 unspecified atom stereocenters. The predicted octanol–water partition coefficient (Wildman–Crippen LogP) is 3.02. The minimum absolute atomic E-state index is 0.0328. The third kappa shape index (κ3) is 4.35. The Balaban J connectivity index is 1.48. The Kier molecular flexibility index (Phi) is 5.48. The summed E-state index contributed by atoms with van der Waals surface area (Å²) in [4.78, 5) is 27.1. The lowest BCUT2D eigenvalue weighted by molar-refractivity contribution is -0.127. The van der Waals surface area contributed by atoms with Gasteiger partial charge in [-0.25, -0.2) is 0 Å². The van der Waals surface area contributed by atoms with Crippen molar-refractivity contribution in [2.75, 3.05) is 19.6 Å². The van der Waals surface area contributed by atoms with E-state index in [1.165, 1.54) is 6.26 Å². The van der Waals surface area contributed by atoms with Crippen LogP contribution >= 0.6 is 11.3 Å². The number of hydrogen-bond acceptors (Lipinski definition) is 4. The minimum Gasteiger partial charge on any atom is -0.459 e. The summed E-state index contributed by atoms with van der Waals surface area (Å²) in [6, 6.07) is 7.28.